The summed E-state index contributed by atoms with van der Waals surface area (Å²) in [5.74, 6) is 0.931. The Labute approximate surface area is 90.3 Å². The van der Waals surface area contributed by atoms with Gasteiger partial charge in [0.05, 0.1) is 7.11 Å². The third-order valence-corrected chi connectivity index (χ3v) is 2.52. The molecule has 0 bridgehead atoms. The maximum Gasteiger partial charge on any atom is 0.118 e. The topological polar surface area (TPSA) is 49.7 Å². The first kappa shape index (κ1) is 12.0. The molecule has 0 saturated heterocycles. The lowest BCUT2D eigenvalue weighted by molar-refractivity contribution is 0.237. The summed E-state index contributed by atoms with van der Waals surface area (Å²) in [6.07, 6.45) is 1.52. The normalized spacial score (nSPS) is 12.5. The van der Waals surface area contributed by atoms with Crippen molar-refractivity contribution in [2.45, 2.75) is 18.8 Å². The highest BCUT2D eigenvalue weighted by atomic mass is 16.5. The van der Waals surface area contributed by atoms with Gasteiger partial charge in [0.25, 0.3) is 0 Å². The summed E-state index contributed by atoms with van der Waals surface area (Å²) >= 11 is 0. The van der Waals surface area contributed by atoms with Gasteiger partial charge in [-0.1, -0.05) is 12.1 Å². The van der Waals surface area contributed by atoms with Crippen LogP contribution in [0.2, 0.25) is 0 Å². The molecule has 1 unspecified atom stereocenters. The minimum atomic E-state index is 0.114. The number of benzene rings is 1. The summed E-state index contributed by atoms with van der Waals surface area (Å²) in [4.78, 5) is 0. The fraction of sp³-hybridized carbons (Fsp3) is 0.500. The molecule has 1 rings (SSSR count). The van der Waals surface area contributed by atoms with Gasteiger partial charge < -0.3 is 14.9 Å². The Balaban J connectivity index is 2.65. The standard InChI is InChI=1S/C12H18O3/c1-15-12-6-4-10(5-7-12)11(9-14)3-2-8-13/h4-7,11,13-14H,2-3,8-9H2,1H3. The number of aliphatic hydroxyl groups excluding tert-OH is 2. The van der Waals surface area contributed by atoms with Gasteiger partial charge in [-0.15, -0.1) is 0 Å². The van der Waals surface area contributed by atoms with Crippen molar-refractivity contribution in [2.24, 2.45) is 0 Å². The molecule has 0 aromatic heterocycles. The predicted molar refractivity (Wildman–Crippen MR) is 59.1 cm³/mol. The van der Waals surface area contributed by atoms with Crippen molar-refractivity contribution < 1.29 is 14.9 Å². The first-order chi connectivity index (χ1) is 7.31. The van der Waals surface area contributed by atoms with E-state index in [9.17, 15) is 5.11 Å². The molecule has 1 aromatic carbocycles. The number of hydrogen-bond acceptors (Lipinski definition) is 3. The van der Waals surface area contributed by atoms with Gasteiger partial charge in [0.15, 0.2) is 0 Å². The zero-order valence-electron chi connectivity index (χ0n) is 9.02. The second kappa shape index (κ2) is 6.43. The lowest BCUT2D eigenvalue weighted by Crippen LogP contribution is -2.05. The maximum absolute atomic E-state index is 9.22. The van der Waals surface area contributed by atoms with E-state index in [1.165, 1.54) is 0 Å². The van der Waals surface area contributed by atoms with Crippen LogP contribution in [0.25, 0.3) is 0 Å². The molecule has 3 heteroatoms. The summed E-state index contributed by atoms with van der Waals surface area (Å²) in [5, 5.41) is 18.0. The highest BCUT2D eigenvalue weighted by Gasteiger charge is 2.09. The van der Waals surface area contributed by atoms with Crippen LogP contribution in [0.3, 0.4) is 0 Å². The van der Waals surface area contributed by atoms with Crippen molar-refractivity contribution in [3.05, 3.63) is 29.8 Å². The summed E-state index contributed by atoms with van der Waals surface area (Å²) in [6.45, 7) is 0.291. The van der Waals surface area contributed by atoms with Crippen LogP contribution in [0.5, 0.6) is 5.75 Å². The van der Waals surface area contributed by atoms with E-state index < -0.39 is 0 Å². The van der Waals surface area contributed by atoms with Crippen LogP contribution < -0.4 is 4.74 Å². The smallest absolute Gasteiger partial charge is 0.118 e. The van der Waals surface area contributed by atoms with Crippen LogP contribution in [0.1, 0.15) is 24.3 Å². The molecule has 0 heterocycles. The Hall–Kier alpha value is -1.06. The van der Waals surface area contributed by atoms with Crippen molar-refractivity contribution in [3.8, 4) is 5.75 Å². The van der Waals surface area contributed by atoms with Gasteiger partial charge in [-0.25, -0.2) is 0 Å². The molecule has 0 radical (unpaired) electrons. The van der Waals surface area contributed by atoms with E-state index in [1.807, 2.05) is 24.3 Å². The SMILES string of the molecule is COc1ccc(C(CO)CCCO)cc1. The summed E-state index contributed by atoms with van der Waals surface area (Å²) in [5.41, 5.74) is 1.09. The molecule has 84 valence electrons. The average Bonchev–Trinajstić information content (AvgIpc) is 2.31. The van der Waals surface area contributed by atoms with Gasteiger partial charge >= 0.3 is 0 Å². The maximum atomic E-state index is 9.22. The van der Waals surface area contributed by atoms with E-state index in [2.05, 4.69) is 0 Å². The molecular weight excluding hydrogens is 192 g/mol. The van der Waals surface area contributed by atoms with Crippen molar-refractivity contribution in [1.29, 1.82) is 0 Å². The minimum Gasteiger partial charge on any atom is -0.497 e. The molecule has 0 aliphatic carbocycles. The second-order valence-electron chi connectivity index (χ2n) is 3.52. The van der Waals surface area contributed by atoms with Gasteiger partial charge in [0.2, 0.25) is 0 Å². The van der Waals surface area contributed by atoms with Crippen molar-refractivity contribution in [2.75, 3.05) is 20.3 Å². The van der Waals surface area contributed by atoms with Gasteiger partial charge in [-0.3, -0.25) is 0 Å². The molecule has 0 aliphatic heterocycles. The molecule has 0 amide bonds. The highest BCUT2D eigenvalue weighted by Crippen LogP contribution is 2.22. The van der Waals surface area contributed by atoms with Crippen LogP contribution in [0.15, 0.2) is 24.3 Å². The molecule has 1 aromatic rings. The number of aliphatic hydroxyl groups is 2. The van der Waals surface area contributed by atoms with Gasteiger partial charge in [-0.2, -0.15) is 0 Å². The van der Waals surface area contributed by atoms with Crippen molar-refractivity contribution in [3.63, 3.8) is 0 Å². The molecule has 3 nitrogen and oxygen atoms in total. The Bertz CT molecular complexity index is 269. The van der Waals surface area contributed by atoms with E-state index in [4.69, 9.17) is 9.84 Å². The molecule has 0 aliphatic rings. The van der Waals surface area contributed by atoms with Gasteiger partial charge in [0, 0.05) is 19.1 Å². The van der Waals surface area contributed by atoms with E-state index in [0.29, 0.717) is 0 Å². The largest absolute Gasteiger partial charge is 0.497 e. The lowest BCUT2D eigenvalue weighted by atomic mass is 9.95. The Morgan fingerprint density at radius 3 is 2.33 bits per heavy atom. The fourth-order valence-corrected chi connectivity index (χ4v) is 1.58. The van der Waals surface area contributed by atoms with Crippen LogP contribution in [-0.2, 0) is 0 Å². The fourth-order valence-electron chi connectivity index (χ4n) is 1.58. The number of ether oxygens (including phenoxy) is 1. The Kier molecular flexibility index (Phi) is 5.15. The van der Waals surface area contributed by atoms with E-state index >= 15 is 0 Å². The summed E-state index contributed by atoms with van der Waals surface area (Å²) in [7, 11) is 1.63. The third-order valence-electron chi connectivity index (χ3n) is 2.52. The third kappa shape index (κ3) is 3.53. The summed E-state index contributed by atoms with van der Waals surface area (Å²) < 4.78 is 5.06. The second-order valence-corrected chi connectivity index (χ2v) is 3.52. The summed E-state index contributed by atoms with van der Waals surface area (Å²) in [6, 6.07) is 7.68. The Morgan fingerprint density at radius 2 is 1.87 bits per heavy atom. The highest BCUT2D eigenvalue weighted by molar-refractivity contribution is 5.29. The van der Waals surface area contributed by atoms with Crippen LogP contribution in [0.4, 0.5) is 0 Å². The van der Waals surface area contributed by atoms with Crippen LogP contribution >= 0.6 is 0 Å². The van der Waals surface area contributed by atoms with Gasteiger partial charge in [-0.05, 0) is 30.5 Å². The molecule has 15 heavy (non-hydrogen) atoms. The molecular formula is C12H18O3. The number of hydrogen-bond donors (Lipinski definition) is 2. The predicted octanol–water partition coefficient (Wildman–Crippen LogP) is 1.54. The molecule has 0 saturated carbocycles. The Morgan fingerprint density at radius 1 is 1.20 bits per heavy atom. The molecule has 0 fully saturated rings. The quantitative estimate of drug-likeness (QED) is 0.749. The van der Waals surface area contributed by atoms with E-state index in [-0.39, 0.29) is 19.1 Å². The monoisotopic (exact) mass is 210 g/mol. The number of rotatable bonds is 6. The van der Waals surface area contributed by atoms with Crippen molar-refractivity contribution >= 4 is 0 Å². The number of methoxy groups -OCH3 is 1. The average molecular weight is 210 g/mol. The minimum absolute atomic E-state index is 0.114. The first-order valence-electron chi connectivity index (χ1n) is 5.17. The lowest BCUT2D eigenvalue weighted by Gasteiger charge is -2.14. The van der Waals surface area contributed by atoms with Crippen LogP contribution in [-0.4, -0.2) is 30.5 Å². The van der Waals surface area contributed by atoms with Crippen LogP contribution in [0, 0.1) is 0 Å². The zero-order valence-corrected chi connectivity index (χ0v) is 9.02. The molecule has 1 atom stereocenters. The zero-order chi connectivity index (χ0) is 11.1. The first-order valence-corrected chi connectivity index (χ1v) is 5.17. The van der Waals surface area contributed by atoms with Gasteiger partial charge in [0.1, 0.15) is 5.75 Å². The van der Waals surface area contributed by atoms with Crippen molar-refractivity contribution in [1.82, 2.24) is 0 Å². The molecule has 0 spiro atoms. The van der Waals surface area contributed by atoms with E-state index in [1.54, 1.807) is 7.11 Å². The van der Waals surface area contributed by atoms with E-state index in [0.717, 1.165) is 24.2 Å². The molecule has 2 N–H and O–H groups in total.